The normalized spacial score (nSPS) is 28.6. The highest BCUT2D eigenvalue weighted by Gasteiger charge is 2.44. The summed E-state index contributed by atoms with van der Waals surface area (Å²) in [6, 6.07) is 7.79. The predicted molar refractivity (Wildman–Crippen MR) is 83.7 cm³/mol. The minimum atomic E-state index is -3.90. The van der Waals surface area contributed by atoms with Crippen LogP contribution in [0.1, 0.15) is 13.8 Å². The quantitative estimate of drug-likeness (QED) is 0.774. The van der Waals surface area contributed by atoms with E-state index in [1.54, 1.807) is 25.1 Å². The van der Waals surface area contributed by atoms with Gasteiger partial charge in [-0.3, -0.25) is 4.79 Å². The number of alkyl halides is 2. The van der Waals surface area contributed by atoms with Crippen molar-refractivity contribution in [2.45, 2.75) is 29.0 Å². The molecule has 1 aromatic carbocycles. The first-order chi connectivity index (χ1) is 9.66. The summed E-state index contributed by atoms with van der Waals surface area (Å²) < 4.78 is 28.3. The predicted octanol–water partition coefficient (Wildman–Crippen LogP) is 2.95. The van der Waals surface area contributed by atoms with Crippen LogP contribution < -0.4 is 0 Å². The molecule has 0 aromatic heterocycles. The Morgan fingerprint density at radius 2 is 1.81 bits per heavy atom. The van der Waals surface area contributed by atoms with Gasteiger partial charge in [0.15, 0.2) is 5.78 Å². The maximum absolute atomic E-state index is 12.3. The smallest absolute Gasteiger partial charge is 0.282 e. The van der Waals surface area contributed by atoms with Gasteiger partial charge in [0.1, 0.15) is 10.3 Å². The molecule has 0 aliphatic heterocycles. The lowest BCUT2D eigenvalue weighted by atomic mass is 9.88. The van der Waals surface area contributed by atoms with Gasteiger partial charge in [-0.15, -0.1) is 23.2 Å². The number of halogens is 2. The minimum absolute atomic E-state index is 0.0577. The van der Waals surface area contributed by atoms with E-state index in [-0.39, 0.29) is 16.4 Å². The summed E-state index contributed by atoms with van der Waals surface area (Å²) in [6.45, 7) is 3.03. The number of hydrogen-bond donors (Lipinski definition) is 0. The molecule has 2 atom stereocenters. The Hall–Kier alpha value is -1.17. The Labute approximate surface area is 133 Å². The van der Waals surface area contributed by atoms with Crippen LogP contribution in [-0.2, 0) is 14.8 Å². The van der Waals surface area contributed by atoms with Crippen LogP contribution in [0, 0.1) is 0 Å². The van der Waals surface area contributed by atoms with Gasteiger partial charge in [0.25, 0.3) is 10.0 Å². The molecule has 0 N–H and O–H groups in total. The fraction of sp³-hybridized carbons (Fsp3) is 0.286. The van der Waals surface area contributed by atoms with Crippen LogP contribution in [0.15, 0.2) is 51.3 Å². The fourth-order valence-corrected chi connectivity index (χ4v) is 3.55. The van der Waals surface area contributed by atoms with Crippen LogP contribution in [0.4, 0.5) is 0 Å². The van der Waals surface area contributed by atoms with E-state index in [1.165, 1.54) is 25.1 Å². The van der Waals surface area contributed by atoms with E-state index >= 15 is 0 Å². The number of carbonyl (C=O) groups is 1. The van der Waals surface area contributed by atoms with Gasteiger partial charge in [0.05, 0.1) is 10.6 Å². The first-order valence-corrected chi connectivity index (χ1v) is 8.37. The van der Waals surface area contributed by atoms with Crippen LogP contribution in [0.2, 0.25) is 0 Å². The van der Waals surface area contributed by atoms with E-state index in [2.05, 4.69) is 4.40 Å². The number of ketones is 1. The van der Waals surface area contributed by atoms with E-state index in [0.29, 0.717) is 5.57 Å². The number of nitrogens with zero attached hydrogens (tertiary/aromatic N) is 1. The van der Waals surface area contributed by atoms with Crippen molar-refractivity contribution in [1.82, 2.24) is 0 Å². The molecule has 0 bridgehead atoms. The second kappa shape index (κ2) is 5.55. The Morgan fingerprint density at radius 3 is 2.38 bits per heavy atom. The van der Waals surface area contributed by atoms with Gasteiger partial charge in [-0.2, -0.15) is 12.8 Å². The fourth-order valence-electron chi connectivity index (χ4n) is 1.89. The van der Waals surface area contributed by atoms with Gasteiger partial charge in [-0.05, 0) is 37.6 Å². The number of allylic oxidation sites excluding steroid dienone is 2. The van der Waals surface area contributed by atoms with Gasteiger partial charge in [0.2, 0.25) is 0 Å². The van der Waals surface area contributed by atoms with Crippen LogP contribution in [0.25, 0.3) is 0 Å². The number of sulfonamides is 1. The summed E-state index contributed by atoms with van der Waals surface area (Å²) in [5.74, 6) is -0.363. The minimum Gasteiger partial charge on any atom is -0.293 e. The summed E-state index contributed by atoms with van der Waals surface area (Å²) in [5, 5.41) is -1.02. The summed E-state index contributed by atoms with van der Waals surface area (Å²) in [6.07, 6.45) is 1.27. The molecule has 0 heterocycles. The summed E-state index contributed by atoms with van der Waals surface area (Å²) in [7, 11) is -3.90. The van der Waals surface area contributed by atoms with E-state index < -0.39 is 20.3 Å². The first kappa shape index (κ1) is 16.2. The lowest BCUT2D eigenvalue weighted by Gasteiger charge is -2.30. The highest BCUT2D eigenvalue weighted by Crippen LogP contribution is 2.34. The highest BCUT2D eigenvalue weighted by atomic mass is 35.5. The molecular formula is C14H13Cl2NO3S. The van der Waals surface area contributed by atoms with Crippen molar-refractivity contribution in [2.24, 2.45) is 4.40 Å². The van der Waals surface area contributed by atoms with Crippen molar-refractivity contribution in [2.75, 3.05) is 0 Å². The average molecular weight is 346 g/mol. The SMILES string of the molecule is CC1=CC(=O)[C@@](C)(Cl)[C@@H](Cl)C1=NS(=O)(=O)c1ccccc1. The zero-order valence-corrected chi connectivity index (χ0v) is 13.7. The van der Waals surface area contributed by atoms with Crippen molar-refractivity contribution < 1.29 is 13.2 Å². The molecule has 1 aromatic rings. The third-order valence-electron chi connectivity index (χ3n) is 3.21. The summed E-state index contributed by atoms with van der Waals surface area (Å²) >= 11 is 12.3. The molecule has 0 unspecified atom stereocenters. The van der Waals surface area contributed by atoms with E-state index in [4.69, 9.17) is 23.2 Å². The molecule has 2 rings (SSSR count). The molecule has 0 amide bonds. The molecule has 4 nitrogen and oxygen atoms in total. The highest BCUT2D eigenvalue weighted by molar-refractivity contribution is 7.90. The summed E-state index contributed by atoms with van der Waals surface area (Å²) in [5.41, 5.74) is 0.496. The molecule has 0 fully saturated rings. The number of hydrogen-bond acceptors (Lipinski definition) is 3. The molecule has 1 aliphatic rings. The molecule has 0 radical (unpaired) electrons. The lowest BCUT2D eigenvalue weighted by molar-refractivity contribution is -0.116. The maximum atomic E-state index is 12.3. The molecule has 21 heavy (non-hydrogen) atoms. The van der Waals surface area contributed by atoms with Crippen molar-refractivity contribution >= 4 is 44.7 Å². The van der Waals surface area contributed by atoms with Crippen LogP contribution in [0.5, 0.6) is 0 Å². The Kier molecular flexibility index (Phi) is 4.29. The Bertz CT molecular complexity index is 737. The maximum Gasteiger partial charge on any atom is 0.282 e. The van der Waals surface area contributed by atoms with Gasteiger partial charge in [-0.1, -0.05) is 18.2 Å². The van der Waals surface area contributed by atoms with E-state index in [0.717, 1.165) is 0 Å². The largest absolute Gasteiger partial charge is 0.293 e. The molecule has 0 saturated heterocycles. The topological polar surface area (TPSA) is 63.6 Å². The molecule has 0 spiro atoms. The van der Waals surface area contributed by atoms with Crippen molar-refractivity contribution in [3.8, 4) is 0 Å². The second-order valence-electron chi connectivity index (χ2n) is 4.89. The van der Waals surface area contributed by atoms with Crippen molar-refractivity contribution in [3.63, 3.8) is 0 Å². The van der Waals surface area contributed by atoms with Gasteiger partial charge < -0.3 is 0 Å². The molecule has 7 heteroatoms. The summed E-state index contributed by atoms with van der Waals surface area (Å²) in [4.78, 5) is 10.5. The molecule has 1 aliphatic carbocycles. The standard InChI is InChI=1S/C14H13Cl2NO3S/c1-9-8-11(18)14(2,16)13(15)12(9)17-21(19,20)10-6-4-3-5-7-10/h3-8,13H,1-2H3/t13-,14+/m0/s1. The van der Waals surface area contributed by atoms with Crippen molar-refractivity contribution in [3.05, 3.63) is 42.0 Å². The van der Waals surface area contributed by atoms with Gasteiger partial charge in [-0.25, -0.2) is 0 Å². The van der Waals surface area contributed by atoms with Crippen LogP contribution >= 0.6 is 23.2 Å². The van der Waals surface area contributed by atoms with Crippen molar-refractivity contribution in [1.29, 1.82) is 0 Å². The third-order valence-corrected chi connectivity index (χ3v) is 5.67. The number of carbonyl (C=O) groups excluding carboxylic acids is 1. The first-order valence-electron chi connectivity index (χ1n) is 6.12. The van der Waals surface area contributed by atoms with E-state index in [9.17, 15) is 13.2 Å². The van der Waals surface area contributed by atoms with Crippen LogP contribution in [-0.4, -0.2) is 30.2 Å². The third kappa shape index (κ3) is 3.05. The zero-order valence-electron chi connectivity index (χ0n) is 11.4. The van der Waals surface area contributed by atoms with Gasteiger partial charge in [0, 0.05) is 0 Å². The van der Waals surface area contributed by atoms with Gasteiger partial charge >= 0.3 is 0 Å². The number of rotatable bonds is 2. The zero-order chi connectivity index (χ0) is 15.8. The lowest BCUT2D eigenvalue weighted by Crippen LogP contribution is -2.46. The van der Waals surface area contributed by atoms with Crippen LogP contribution in [0.3, 0.4) is 0 Å². The molecule has 112 valence electrons. The van der Waals surface area contributed by atoms with E-state index in [1.807, 2.05) is 0 Å². The number of benzene rings is 1. The second-order valence-corrected chi connectivity index (χ2v) is 7.72. The molecular weight excluding hydrogens is 333 g/mol. The monoisotopic (exact) mass is 345 g/mol. The Morgan fingerprint density at radius 1 is 1.24 bits per heavy atom. The Balaban J connectivity index is 2.55. The molecule has 0 saturated carbocycles. The average Bonchev–Trinajstić information content (AvgIpc) is 2.43.